The number of anilines is 1. The molecular formula is C23H22F3N5O3. The molecule has 0 aliphatic carbocycles. The van der Waals surface area contributed by atoms with Crippen molar-refractivity contribution in [2.45, 2.75) is 19.1 Å². The molecule has 11 heteroatoms. The van der Waals surface area contributed by atoms with Crippen LogP contribution in [-0.4, -0.2) is 53.3 Å². The van der Waals surface area contributed by atoms with Gasteiger partial charge >= 0.3 is 12.1 Å². The topological polar surface area (TPSA) is 100 Å². The lowest BCUT2D eigenvalue weighted by Gasteiger charge is -2.34. The summed E-state index contributed by atoms with van der Waals surface area (Å²) in [7, 11) is 0. The van der Waals surface area contributed by atoms with Crippen molar-refractivity contribution >= 4 is 23.5 Å². The Morgan fingerprint density at radius 1 is 1.21 bits per heavy atom. The summed E-state index contributed by atoms with van der Waals surface area (Å²) in [6.07, 6.45) is 0.138. The van der Waals surface area contributed by atoms with E-state index in [0.29, 0.717) is 23.5 Å². The molecule has 3 amide bonds. The highest BCUT2D eigenvalue weighted by Crippen LogP contribution is 2.29. The van der Waals surface area contributed by atoms with Crippen LogP contribution in [0.3, 0.4) is 0 Å². The van der Waals surface area contributed by atoms with E-state index < -0.39 is 35.7 Å². The van der Waals surface area contributed by atoms with Crippen molar-refractivity contribution in [1.82, 2.24) is 9.80 Å². The highest BCUT2D eigenvalue weighted by atomic mass is 19.2. The summed E-state index contributed by atoms with van der Waals surface area (Å²) in [5.41, 5.74) is 7.09. The molecule has 4 rings (SSSR count). The Labute approximate surface area is 193 Å². The molecule has 8 nitrogen and oxygen atoms in total. The monoisotopic (exact) mass is 473 g/mol. The van der Waals surface area contributed by atoms with Crippen molar-refractivity contribution in [1.29, 1.82) is 0 Å². The minimum Gasteiger partial charge on any atom is -0.439 e. The second kappa shape index (κ2) is 9.46. The summed E-state index contributed by atoms with van der Waals surface area (Å²) < 4.78 is 45.7. The predicted molar refractivity (Wildman–Crippen MR) is 118 cm³/mol. The second-order valence-electron chi connectivity index (χ2n) is 7.89. The van der Waals surface area contributed by atoms with Crippen molar-refractivity contribution in [3.8, 4) is 0 Å². The molecule has 0 radical (unpaired) electrons. The molecular weight excluding hydrogens is 451 g/mol. The number of nitrogens with one attached hydrogen (secondary N) is 1. The van der Waals surface area contributed by atoms with Gasteiger partial charge in [0.1, 0.15) is 6.10 Å². The quantitative estimate of drug-likeness (QED) is 0.660. The number of cyclic esters (lactones) is 1. The van der Waals surface area contributed by atoms with Gasteiger partial charge in [0.25, 0.3) is 0 Å². The Hall–Kier alpha value is -4.02. The lowest BCUT2D eigenvalue weighted by atomic mass is 10.1. The van der Waals surface area contributed by atoms with Crippen LogP contribution in [0.25, 0.3) is 0 Å². The summed E-state index contributed by atoms with van der Waals surface area (Å²) in [6.45, 7) is 2.13. The number of rotatable bonds is 4. The number of nitrogens with two attached hydrogens (primary N) is 1. The smallest absolute Gasteiger partial charge is 0.415 e. The maximum atomic E-state index is 13.5. The third-order valence-electron chi connectivity index (χ3n) is 5.62. The van der Waals surface area contributed by atoms with E-state index in [1.807, 2.05) is 30.3 Å². The van der Waals surface area contributed by atoms with Crippen molar-refractivity contribution in [3.63, 3.8) is 0 Å². The molecule has 0 bridgehead atoms. The molecule has 0 spiro atoms. The van der Waals surface area contributed by atoms with Crippen LogP contribution in [0.2, 0.25) is 0 Å². The van der Waals surface area contributed by atoms with Crippen molar-refractivity contribution < 1.29 is 27.5 Å². The third-order valence-corrected chi connectivity index (χ3v) is 5.62. The number of nitrogens with zero attached hydrogens (tertiary/aromatic N) is 3. The van der Waals surface area contributed by atoms with Crippen LogP contribution in [0, 0.1) is 17.5 Å². The molecule has 1 saturated heterocycles. The van der Waals surface area contributed by atoms with Crippen LogP contribution in [0.1, 0.15) is 18.6 Å². The van der Waals surface area contributed by atoms with Gasteiger partial charge in [0.05, 0.1) is 37.1 Å². The summed E-state index contributed by atoms with van der Waals surface area (Å²) in [6, 6.07) is 9.58. The minimum atomic E-state index is -1.62. The summed E-state index contributed by atoms with van der Waals surface area (Å²) in [5.74, 6) is -4.46. The fourth-order valence-electron chi connectivity index (χ4n) is 3.81. The van der Waals surface area contributed by atoms with Gasteiger partial charge in [0, 0.05) is 24.0 Å². The third kappa shape index (κ3) is 4.54. The van der Waals surface area contributed by atoms with Crippen LogP contribution >= 0.6 is 0 Å². The molecule has 2 heterocycles. The van der Waals surface area contributed by atoms with E-state index >= 15 is 0 Å². The number of hydrogen-bond donors (Lipinski definition) is 2. The van der Waals surface area contributed by atoms with Gasteiger partial charge in [-0.15, -0.1) is 0 Å². The molecule has 2 atom stereocenters. The van der Waals surface area contributed by atoms with Gasteiger partial charge < -0.3 is 20.7 Å². The van der Waals surface area contributed by atoms with Gasteiger partial charge in [-0.3, -0.25) is 9.89 Å². The number of ether oxygens (including phenoxy) is 1. The first-order valence-electron chi connectivity index (χ1n) is 10.5. The molecule has 2 aromatic carbocycles. The van der Waals surface area contributed by atoms with Gasteiger partial charge in [-0.25, -0.2) is 22.8 Å². The van der Waals surface area contributed by atoms with E-state index in [2.05, 4.69) is 10.3 Å². The van der Waals surface area contributed by atoms with E-state index in [9.17, 15) is 22.8 Å². The van der Waals surface area contributed by atoms with Gasteiger partial charge in [-0.05, 0) is 12.5 Å². The molecule has 3 N–H and O–H groups in total. The Kier molecular flexibility index (Phi) is 6.44. The maximum absolute atomic E-state index is 13.5. The molecule has 2 aliphatic heterocycles. The van der Waals surface area contributed by atoms with Crippen molar-refractivity contribution in [2.75, 3.05) is 25.0 Å². The fraction of sp³-hybridized carbons (Fsp3) is 0.261. The molecule has 0 saturated carbocycles. The van der Waals surface area contributed by atoms with Crippen molar-refractivity contribution in [2.24, 2.45) is 10.7 Å². The first-order chi connectivity index (χ1) is 16.3. The van der Waals surface area contributed by atoms with Crippen molar-refractivity contribution in [3.05, 3.63) is 77.4 Å². The average molecular weight is 473 g/mol. The van der Waals surface area contributed by atoms with Crippen LogP contribution in [0.4, 0.5) is 28.4 Å². The molecule has 1 fully saturated rings. The van der Waals surface area contributed by atoms with E-state index in [4.69, 9.17) is 10.5 Å². The number of carbonyl (C=O) groups excluding carboxylic acids is 2. The molecule has 2 aromatic rings. The predicted octanol–water partition coefficient (Wildman–Crippen LogP) is 3.77. The van der Waals surface area contributed by atoms with Crippen LogP contribution < -0.4 is 11.1 Å². The number of benzene rings is 2. The first-order valence-corrected chi connectivity index (χ1v) is 10.5. The van der Waals surface area contributed by atoms with Gasteiger partial charge in [0.15, 0.2) is 17.5 Å². The normalized spacial score (nSPS) is 20.8. The number of carbonyl (C=O) groups is 2. The Bertz CT molecular complexity index is 1150. The lowest BCUT2D eigenvalue weighted by Crippen LogP contribution is -2.50. The highest BCUT2D eigenvalue weighted by molar-refractivity contribution is 6.06. The summed E-state index contributed by atoms with van der Waals surface area (Å²) in [4.78, 5) is 32.6. The summed E-state index contributed by atoms with van der Waals surface area (Å²) >= 11 is 0. The number of urea groups is 1. The molecule has 178 valence electrons. The highest BCUT2D eigenvalue weighted by Gasteiger charge is 2.37. The van der Waals surface area contributed by atoms with Gasteiger partial charge in [-0.1, -0.05) is 30.3 Å². The van der Waals surface area contributed by atoms with Gasteiger partial charge in [-0.2, -0.15) is 0 Å². The number of hydrogen-bond acceptors (Lipinski definition) is 5. The largest absolute Gasteiger partial charge is 0.439 e. The van der Waals surface area contributed by atoms with E-state index in [-0.39, 0.29) is 31.4 Å². The maximum Gasteiger partial charge on any atom is 0.415 e. The van der Waals surface area contributed by atoms with Crippen LogP contribution in [-0.2, 0) is 4.74 Å². The zero-order chi connectivity index (χ0) is 24.4. The minimum absolute atomic E-state index is 0.0258. The van der Waals surface area contributed by atoms with Crippen LogP contribution in [0.5, 0.6) is 0 Å². The Morgan fingerprint density at radius 3 is 2.53 bits per heavy atom. The fourth-order valence-corrected chi connectivity index (χ4v) is 3.81. The average Bonchev–Trinajstić information content (AvgIpc) is 3.20. The Balaban J connectivity index is 1.49. The zero-order valence-electron chi connectivity index (χ0n) is 18.2. The zero-order valence-corrected chi connectivity index (χ0v) is 18.2. The summed E-state index contributed by atoms with van der Waals surface area (Å²) in [5, 5.41) is 2.36. The molecule has 34 heavy (non-hydrogen) atoms. The van der Waals surface area contributed by atoms with Gasteiger partial charge in [0.2, 0.25) is 0 Å². The molecule has 0 aromatic heterocycles. The SMILES string of the molecule is C[C@H]1CN=C(C(=CN)N2CC(c3ccccc3)OC2=O)CN1C(=O)Nc1cc(F)c(F)c(F)c1. The molecule has 1 unspecified atom stereocenters. The van der Waals surface area contributed by atoms with Crippen LogP contribution in [0.15, 0.2) is 59.4 Å². The standard InChI is InChI=1S/C23H22F3N5O3/c1-13-10-28-18(11-30(13)22(32)29-15-7-16(24)21(26)17(25)8-15)19(9-27)31-12-20(34-23(31)33)14-5-3-2-4-6-14/h2-9,13,20H,10-12,27H2,1H3,(H,29,32)/t13-,20?/m0/s1. The molecule has 2 aliphatic rings. The van der Waals surface area contributed by atoms with E-state index in [1.165, 1.54) is 16.0 Å². The number of aliphatic imine (C=N–C) groups is 1. The number of amides is 3. The first kappa shape index (κ1) is 23.1. The second-order valence-corrected chi connectivity index (χ2v) is 7.89. The Morgan fingerprint density at radius 2 is 1.88 bits per heavy atom. The lowest BCUT2D eigenvalue weighted by molar-refractivity contribution is 0.135. The number of halogens is 3. The van der Waals surface area contributed by atoms with E-state index in [1.54, 1.807) is 6.92 Å². The van der Waals surface area contributed by atoms with E-state index in [0.717, 1.165) is 5.56 Å².